The maximum Gasteiger partial charge on any atom is 0.351 e. The maximum absolute atomic E-state index is 12.6. The summed E-state index contributed by atoms with van der Waals surface area (Å²) in [5, 5.41) is 26.0. The number of phenolic OH excluding ortho intramolecular Hbond substituents is 2. The van der Waals surface area contributed by atoms with Gasteiger partial charge in [0, 0.05) is 6.07 Å². The Kier molecular flexibility index (Phi) is 7.75. The number of thiophene rings is 1. The van der Waals surface area contributed by atoms with Crippen LogP contribution in [0.3, 0.4) is 0 Å². The molecule has 0 fully saturated rings. The highest BCUT2D eigenvalue weighted by Crippen LogP contribution is 2.31. The van der Waals surface area contributed by atoms with Crippen molar-refractivity contribution in [2.45, 2.75) is 5.00 Å². The van der Waals surface area contributed by atoms with E-state index in [0.29, 0.717) is 11.1 Å². The number of nitrogens with two attached hydrogens (primary N) is 1. The number of carbonyl (C=O) groups excluding carboxylic acids is 4. The lowest BCUT2D eigenvalue weighted by Gasteiger charge is -2.24. The van der Waals surface area contributed by atoms with Crippen molar-refractivity contribution in [3.8, 4) is 22.6 Å². The second-order valence-corrected chi connectivity index (χ2v) is 8.81. The zero-order chi connectivity index (χ0) is 25.8. The molecule has 0 aliphatic heterocycles. The summed E-state index contributed by atoms with van der Waals surface area (Å²) in [6, 6.07) is 11.1. The Labute approximate surface area is 208 Å². The fourth-order valence-corrected chi connectivity index (χ4v) is 3.95. The number of ether oxygens (including phenoxy) is 1. The van der Waals surface area contributed by atoms with Gasteiger partial charge in [-0.15, -0.1) is 11.3 Å². The van der Waals surface area contributed by atoms with Gasteiger partial charge in [0.25, 0.3) is 5.91 Å². The molecule has 6 N–H and O–H groups in total. The Morgan fingerprint density at radius 3 is 2.26 bits per heavy atom. The van der Waals surface area contributed by atoms with Gasteiger partial charge < -0.3 is 26.0 Å². The van der Waals surface area contributed by atoms with Crippen LogP contribution in [0.5, 0.6) is 11.5 Å². The molecule has 0 saturated heterocycles. The van der Waals surface area contributed by atoms with E-state index in [1.165, 1.54) is 55.6 Å². The highest BCUT2D eigenvalue weighted by atomic mass is 35.5. The number of hydrogen-bond acceptors (Lipinski definition) is 9. The molecule has 2 amide bonds. The van der Waals surface area contributed by atoms with Gasteiger partial charge in [-0.2, -0.15) is 0 Å². The summed E-state index contributed by atoms with van der Waals surface area (Å²) in [5.41, 5.74) is 5.98. The zero-order valence-electron chi connectivity index (χ0n) is 18.2. The first-order valence-electron chi connectivity index (χ1n) is 9.97. The first kappa shape index (κ1) is 25.7. The fourth-order valence-electron chi connectivity index (χ4n) is 3.02. The van der Waals surface area contributed by atoms with Crippen LogP contribution < -0.4 is 16.4 Å². The van der Waals surface area contributed by atoms with Crippen molar-refractivity contribution < 1.29 is 34.1 Å². The van der Waals surface area contributed by atoms with Crippen molar-refractivity contribution in [1.82, 2.24) is 10.6 Å². The van der Waals surface area contributed by atoms with Gasteiger partial charge in [-0.05, 0) is 53.9 Å². The van der Waals surface area contributed by atoms with E-state index in [9.17, 15) is 29.4 Å². The Balaban J connectivity index is 1.68. The summed E-state index contributed by atoms with van der Waals surface area (Å²) < 4.78 is 4.83. The van der Waals surface area contributed by atoms with Crippen LogP contribution in [0.25, 0.3) is 11.1 Å². The molecule has 3 rings (SSSR count). The van der Waals surface area contributed by atoms with Crippen LogP contribution in [0.1, 0.15) is 30.4 Å². The van der Waals surface area contributed by atoms with Gasteiger partial charge in [0.2, 0.25) is 10.9 Å². The molecule has 1 heterocycles. The Bertz CT molecular complexity index is 1290. The molecule has 182 valence electrons. The molecule has 0 aliphatic carbocycles. The molecule has 0 bridgehead atoms. The summed E-state index contributed by atoms with van der Waals surface area (Å²) in [5.74, 6) is -4.04. The second kappa shape index (κ2) is 10.6. The molecule has 1 aromatic heterocycles. The Morgan fingerprint density at radius 1 is 1.03 bits per heavy atom. The van der Waals surface area contributed by atoms with E-state index in [4.69, 9.17) is 22.1 Å². The Morgan fingerprint density at radius 2 is 1.66 bits per heavy atom. The standard InChI is InChI=1S/C23H20ClN3O7S/c1-26-23(24,22(33)34-21(32)17-5-3-2-4-16(17)19(25)30)11-27-20(31)18-8-13(10-35-18)12-6-14(28)9-15(29)7-12/h2-10,26,28-29H,11H2,1H3,(H2,25,30)(H,27,31)/t23-/m0/s1. The largest absolute Gasteiger partial charge is 0.508 e. The van der Waals surface area contributed by atoms with Gasteiger partial charge in [0.05, 0.1) is 22.5 Å². The number of likely N-dealkylation sites (N-methyl/N-ethyl adjacent to an activating group) is 1. The van der Waals surface area contributed by atoms with E-state index in [0.717, 1.165) is 11.3 Å². The lowest BCUT2D eigenvalue weighted by atomic mass is 10.1. The van der Waals surface area contributed by atoms with Gasteiger partial charge in [-0.1, -0.05) is 23.7 Å². The van der Waals surface area contributed by atoms with Crippen LogP contribution in [-0.4, -0.2) is 52.6 Å². The first-order valence-corrected chi connectivity index (χ1v) is 11.2. The summed E-state index contributed by atoms with van der Waals surface area (Å²) in [4.78, 5) is 47.4. The molecule has 0 aliphatic rings. The highest BCUT2D eigenvalue weighted by molar-refractivity contribution is 7.12. The number of amides is 2. The van der Waals surface area contributed by atoms with E-state index in [-0.39, 0.29) is 27.5 Å². The van der Waals surface area contributed by atoms with Crippen LogP contribution in [0.2, 0.25) is 0 Å². The van der Waals surface area contributed by atoms with Crippen molar-refractivity contribution in [3.63, 3.8) is 0 Å². The summed E-state index contributed by atoms with van der Waals surface area (Å²) in [7, 11) is 1.33. The van der Waals surface area contributed by atoms with Crippen LogP contribution >= 0.6 is 22.9 Å². The quantitative estimate of drug-likeness (QED) is 0.131. The van der Waals surface area contributed by atoms with Crippen molar-refractivity contribution in [2.24, 2.45) is 5.73 Å². The maximum atomic E-state index is 12.6. The van der Waals surface area contributed by atoms with Gasteiger partial charge >= 0.3 is 11.9 Å². The van der Waals surface area contributed by atoms with E-state index in [2.05, 4.69) is 10.6 Å². The number of carbonyl (C=O) groups is 4. The number of halogens is 1. The van der Waals surface area contributed by atoms with Gasteiger partial charge in [0.15, 0.2) is 0 Å². The van der Waals surface area contributed by atoms with Gasteiger partial charge in [0.1, 0.15) is 11.5 Å². The minimum Gasteiger partial charge on any atom is -0.508 e. The van der Waals surface area contributed by atoms with Crippen LogP contribution in [0.4, 0.5) is 0 Å². The number of aromatic hydroxyl groups is 2. The SMILES string of the molecule is CN[C@@](Cl)(CNC(=O)c1cc(-c2cc(O)cc(O)c2)cs1)C(=O)OC(=O)c1ccccc1C(N)=O. The zero-order valence-corrected chi connectivity index (χ0v) is 19.8. The van der Waals surface area contributed by atoms with E-state index < -0.39 is 35.3 Å². The number of phenols is 2. The lowest BCUT2D eigenvalue weighted by Crippen LogP contribution is -2.54. The molecule has 1 atom stereocenters. The first-order chi connectivity index (χ1) is 16.5. The predicted molar refractivity (Wildman–Crippen MR) is 128 cm³/mol. The van der Waals surface area contributed by atoms with E-state index >= 15 is 0 Å². The smallest absolute Gasteiger partial charge is 0.351 e. The number of nitrogens with one attached hydrogen (secondary N) is 2. The molecule has 10 nitrogen and oxygen atoms in total. The van der Waals surface area contributed by atoms with E-state index in [1.807, 2.05) is 0 Å². The molecule has 12 heteroatoms. The average molecular weight is 518 g/mol. The van der Waals surface area contributed by atoms with Crippen molar-refractivity contribution in [2.75, 3.05) is 13.6 Å². The van der Waals surface area contributed by atoms with Crippen LogP contribution in [0.15, 0.2) is 53.9 Å². The number of esters is 2. The topological polar surface area (TPSA) is 168 Å². The molecular weight excluding hydrogens is 498 g/mol. The average Bonchev–Trinajstić information content (AvgIpc) is 3.32. The second-order valence-electron chi connectivity index (χ2n) is 7.26. The third kappa shape index (κ3) is 5.96. The molecule has 3 aromatic rings. The van der Waals surface area contributed by atoms with E-state index in [1.54, 1.807) is 5.38 Å². The van der Waals surface area contributed by atoms with Crippen molar-refractivity contribution in [3.05, 3.63) is 69.9 Å². The number of primary amides is 1. The van der Waals surface area contributed by atoms with Crippen LogP contribution in [0, 0.1) is 0 Å². The summed E-state index contributed by atoms with van der Waals surface area (Å²) in [6.45, 7) is -0.451. The fraction of sp³-hybridized carbons (Fsp3) is 0.130. The van der Waals surface area contributed by atoms with Gasteiger partial charge in [-0.25, -0.2) is 9.59 Å². The number of benzene rings is 2. The Hall–Kier alpha value is -3.93. The molecule has 0 radical (unpaired) electrons. The minimum absolute atomic E-state index is 0.128. The molecule has 35 heavy (non-hydrogen) atoms. The minimum atomic E-state index is -2.00. The normalized spacial score (nSPS) is 12.4. The third-order valence-corrected chi connectivity index (χ3v) is 6.28. The number of rotatable bonds is 8. The molecule has 0 unspecified atom stereocenters. The summed E-state index contributed by atoms with van der Waals surface area (Å²) >= 11 is 7.37. The van der Waals surface area contributed by atoms with Crippen molar-refractivity contribution >= 4 is 46.7 Å². The molecule has 2 aromatic carbocycles. The lowest BCUT2D eigenvalue weighted by molar-refractivity contribution is -0.141. The molecule has 0 spiro atoms. The summed E-state index contributed by atoms with van der Waals surface area (Å²) in [6.07, 6.45) is 0. The number of alkyl halides is 1. The molecular formula is C23H20ClN3O7S. The van der Waals surface area contributed by atoms with Crippen molar-refractivity contribution in [1.29, 1.82) is 0 Å². The number of hydrogen-bond donors (Lipinski definition) is 5. The molecule has 0 saturated carbocycles. The van der Waals surface area contributed by atoms with Gasteiger partial charge in [-0.3, -0.25) is 14.9 Å². The monoisotopic (exact) mass is 517 g/mol. The third-order valence-electron chi connectivity index (χ3n) is 4.87. The highest BCUT2D eigenvalue weighted by Gasteiger charge is 2.39. The predicted octanol–water partition coefficient (Wildman–Crippen LogP) is 2.19. The van der Waals surface area contributed by atoms with Crippen LogP contribution in [-0.2, 0) is 9.53 Å².